The number of esters is 1. The normalized spacial score (nSPS) is 10.5. The Balaban J connectivity index is 3.18. The Hall–Kier alpha value is -0.870. The molecule has 0 amide bonds. The fraction of sp³-hybridized carbons (Fsp3) is 0.625. The summed E-state index contributed by atoms with van der Waals surface area (Å²) < 4.78 is 9.21. The van der Waals surface area contributed by atoms with Gasteiger partial charge in [-0.25, -0.2) is 4.79 Å². The van der Waals surface area contributed by atoms with Crippen LogP contribution in [0.4, 0.5) is 0 Å². The van der Waals surface area contributed by atoms with E-state index in [2.05, 4.69) is 10.1 Å². The summed E-state index contributed by atoms with van der Waals surface area (Å²) in [6.07, 6.45) is 3.10. The lowest BCUT2D eigenvalue weighted by atomic mass is 10.5. The zero-order valence-corrected chi connectivity index (χ0v) is 7.50. The Bertz CT molecular complexity index is 145. The van der Waals surface area contributed by atoms with Gasteiger partial charge in [0.15, 0.2) is 0 Å². The van der Waals surface area contributed by atoms with Crippen LogP contribution in [0.15, 0.2) is 12.2 Å². The number of methoxy groups -OCH3 is 2. The minimum atomic E-state index is -0.330. The van der Waals surface area contributed by atoms with Crippen LogP contribution >= 0.6 is 0 Å². The molecule has 4 nitrogen and oxygen atoms in total. The lowest BCUT2D eigenvalue weighted by molar-refractivity contribution is -0.134. The van der Waals surface area contributed by atoms with Crippen LogP contribution in [0.2, 0.25) is 0 Å². The maximum absolute atomic E-state index is 10.5. The largest absolute Gasteiger partial charge is 0.466 e. The second-order valence-corrected chi connectivity index (χ2v) is 2.12. The van der Waals surface area contributed by atoms with Crippen LogP contribution in [0.1, 0.15) is 0 Å². The summed E-state index contributed by atoms with van der Waals surface area (Å²) in [7, 11) is 3.00. The lowest BCUT2D eigenvalue weighted by Gasteiger charge is -1.98. The molecule has 0 fully saturated rings. The summed E-state index contributed by atoms with van der Waals surface area (Å²) >= 11 is 0. The van der Waals surface area contributed by atoms with Crippen molar-refractivity contribution in [1.82, 2.24) is 5.32 Å². The highest BCUT2D eigenvalue weighted by atomic mass is 16.5. The number of rotatable bonds is 6. The van der Waals surface area contributed by atoms with Gasteiger partial charge in [0.1, 0.15) is 0 Å². The first-order chi connectivity index (χ1) is 5.81. The topological polar surface area (TPSA) is 47.6 Å². The quantitative estimate of drug-likeness (QED) is 0.347. The third kappa shape index (κ3) is 7.24. The van der Waals surface area contributed by atoms with Crippen LogP contribution in [-0.2, 0) is 14.3 Å². The summed E-state index contributed by atoms with van der Waals surface area (Å²) in [5.41, 5.74) is 0. The Morgan fingerprint density at radius 3 is 2.83 bits per heavy atom. The summed E-state index contributed by atoms with van der Waals surface area (Å²) in [5, 5.41) is 3.05. The van der Waals surface area contributed by atoms with Crippen molar-refractivity contribution in [2.75, 3.05) is 33.9 Å². The van der Waals surface area contributed by atoms with Crippen molar-refractivity contribution in [3.63, 3.8) is 0 Å². The third-order valence-electron chi connectivity index (χ3n) is 1.20. The van der Waals surface area contributed by atoms with Gasteiger partial charge in [0.2, 0.25) is 0 Å². The average Bonchev–Trinajstić information content (AvgIpc) is 2.10. The molecule has 0 aromatic heterocycles. The van der Waals surface area contributed by atoms with E-state index in [1.54, 1.807) is 13.2 Å². The third-order valence-corrected chi connectivity index (χ3v) is 1.20. The van der Waals surface area contributed by atoms with Gasteiger partial charge in [-0.05, 0) is 0 Å². The van der Waals surface area contributed by atoms with Crippen molar-refractivity contribution in [1.29, 1.82) is 0 Å². The van der Waals surface area contributed by atoms with Gasteiger partial charge in [0, 0.05) is 26.3 Å². The Kier molecular flexibility index (Phi) is 7.63. The summed E-state index contributed by atoms with van der Waals surface area (Å²) in [6, 6.07) is 0. The van der Waals surface area contributed by atoms with Crippen molar-refractivity contribution in [2.24, 2.45) is 0 Å². The highest BCUT2D eigenvalue weighted by molar-refractivity contribution is 5.81. The van der Waals surface area contributed by atoms with Crippen LogP contribution in [-0.4, -0.2) is 39.9 Å². The molecule has 12 heavy (non-hydrogen) atoms. The minimum absolute atomic E-state index is 0.330. The SMILES string of the molecule is COCCNCC=CC(=O)OC. The van der Waals surface area contributed by atoms with E-state index in [0.29, 0.717) is 13.2 Å². The van der Waals surface area contributed by atoms with Gasteiger partial charge in [0.05, 0.1) is 13.7 Å². The first-order valence-corrected chi connectivity index (χ1v) is 3.75. The van der Waals surface area contributed by atoms with Crippen molar-refractivity contribution >= 4 is 5.97 Å². The molecule has 0 heterocycles. The van der Waals surface area contributed by atoms with Crippen LogP contribution in [0.25, 0.3) is 0 Å². The number of ether oxygens (including phenoxy) is 2. The molecular formula is C8H15NO3. The van der Waals surface area contributed by atoms with E-state index in [1.807, 2.05) is 0 Å². The lowest BCUT2D eigenvalue weighted by Crippen LogP contribution is -2.19. The van der Waals surface area contributed by atoms with Crippen molar-refractivity contribution in [3.05, 3.63) is 12.2 Å². The highest BCUT2D eigenvalue weighted by Crippen LogP contribution is 1.76. The molecule has 0 aromatic rings. The smallest absolute Gasteiger partial charge is 0.330 e. The second kappa shape index (κ2) is 8.23. The highest BCUT2D eigenvalue weighted by Gasteiger charge is 1.88. The maximum Gasteiger partial charge on any atom is 0.330 e. The van der Waals surface area contributed by atoms with Crippen LogP contribution in [0.3, 0.4) is 0 Å². The van der Waals surface area contributed by atoms with E-state index in [1.165, 1.54) is 13.2 Å². The van der Waals surface area contributed by atoms with Gasteiger partial charge in [0.25, 0.3) is 0 Å². The van der Waals surface area contributed by atoms with Crippen LogP contribution in [0.5, 0.6) is 0 Å². The van der Waals surface area contributed by atoms with Gasteiger partial charge < -0.3 is 14.8 Å². The molecule has 4 heteroatoms. The Labute approximate surface area is 72.5 Å². The predicted octanol–water partition coefficient (Wildman–Crippen LogP) is -0.0484. The number of hydrogen-bond donors (Lipinski definition) is 1. The Morgan fingerprint density at radius 2 is 2.25 bits per heavy atom. The van der Waals surface area contributed by atoms with Crippen LogP contribution in [0, 0.1) is 0 Å². The molecule has 0 saturated heterocycles. The van der Waals surface area contributed by atoms with Gasteiger partial charge in [-0.1, -0.05) is 6.08 Å². The van der Waals surface area contributed by atoms with Gasteiger partial charge in [-0.15, -0.1) is 0 Å². The molecule has 0 aliphatic heterocycles. The summed E-state index contributed by atoms with van der Waals surface area (Å²) in [6.45, 7) is 2.10. The number of carbonyl (C=O) groups is 1. The van der Waals surface area contributed by atoms with Gasteiger partial charge in [-0.2, -0.15) is 0 Å². The van der Waals surface area contributed by atoms with Gasteiger partial charge in [-0.3, -0.25) is 0 Å². The first kappa shape index (κ1) is 11.1. The van der Waals surface area contributed by atoms with Crippen molar-refractivity contribution in [3.8, 4) is 0 Å². The molecule has 0 saturated carbocycles. The monoisotopic (exact) mass is 173 g/mol. The molecule has 0 aromatic carbocycles. The molecule has 0 aliphatic rings. The predicted molar refractivity (Wildman–Crippen MR) is 45.9 cm³/mol. The zero-order chi connectivity index (χ0) is 9.23. The molecule has 1 N–H and O–H groups in total. The van der Waals surface area contributed by atoms with E-state index in [9.17, 15) is 4.79 Å². The van der Waals surface area contributed by atoms with Crippen molar-refractivity contribution < 1.29 is 14.3 Å². The number of carbonyl (C=O) groups excluding carboxylic acids is 1. The fourth-order valence-corrected chi connectivity index (χ4v) is 0.583. The first-order valence-electron chi connectivity index (χ1n) is 3.75. The zero-order valence-electron chi connectivity index (χ0n) is 7.50. The molecule has 0 bridgehead atoms. The maximum atomic E-state index is 10.5. The van der Waals surface area contributed by atoms with Gasteiger partial charge >= 0.3 is 5.97 Å². The van der Waals surface area contributed by atoms with E-state index in [-0.39, 0.29) is 5.97 Å². The molecule has 0 radical (unpaired) electrons. The Morgan fingerprint density at radius 1 is 1.50 bits per heavy atom. The molecule has 0 unspecified atom stereocenters. The van der Waals surface area contributed by atoms with Crippen LogP contribution < -0.4 is 5.32 Å². The fourth-order valence-electron chi connectivity index (χ4n) is 0.583. The van der Waals surface area contributed by atoms with E-state index in [0.717, 1.165) is 6.54 Å². The molecule has 0 atom stereocenters. The summed E-state index contributed by atoms with van der Waals surface area (Å²) in [5.74, 6) is -0.330. The molecule has 70 valence electrons. The van der Waals surface area contributed by atoms with E-state index >= 15 is 0 Å². The summed E-state index contributed by atoms with van der Waals surface area (Å²) in [4.78, 5) is 10.5. The molecule has 0 spiro atoms. The van der Waals surface area contributed by atoms with Crippen molar-refractivity contribution in [2.45, 2.75) is 0 Å². The molecular weight excluding hydrogens is 158 g/mol. The second-order valence-electron chi connectivity index (χ2n) is 2.12. The number of nitrogens with one attached hydrogen (secondary N) is 1. The molecule has 0 rings (SSSR count). The molecule has 0 aliphatic carbocycles. The minimum Gasteiger partial charge on any atom is -0.466 e. The average molecular weight is 173 g/mol. The standard InChI is InChI=1S/C8H15NO3/c1-11-7-6-9-5-3-4-8(10)12-2/h3-4,9H,5-7H2,1-2H3. The van der Waals surface area contributed by atoms with E-state index in [4.69, 9.17) is 4.74 Å². The number of hydrogen-bond acceptors (Lipinski definition) is 4. The van der Waals surface area contributed by atoms with E-state index < -0.39 is 0 Å².